The van der Waals surface area contributed by atoms with Gasteiger partial charge in [0.05, 0.1) is 27.3 Å². The second kappa shape index (κ2) is 10.6. The Labute approximate surface area is 238 Å². The number of ether oxygens (including phenoxy) is 1. The molecule has 10 nitrogen and oxygen atoms in total. The molecule has 0 amide bonds. The molecule has 0 aliphatic carbocycles. The van der Waals surface area contributed by atoms with Crippen molar-refractivity contribution in [1.82, 2.24) is 4.57 Å². The molecule has 0 radical (unpaired) electrons. The quantitative estimate of drug-likeness (QED) is 0.142. The number of nitro benzene ring substituents is 1. The fourth-order valence-electron chi connectivity index (χ4n) is 4.27. The average Bonchev–Trinajstić information content (AvgIpc) is 3.51. The third kappa shape index (κ3) is 5.04. The Balaban J connectivity index is 1.69. The van der Waals surface area contributed by atoms with Crippen LogP contribution >= 0.6 is 33.9 Å². The maximum Gasteiger partial charge on any atom is 0.338 e. The monoisotopic (exact) mass is 657 g/mol. The van der Waals surface area contributed by atoms with Gasteiger partial charge in [0.25, 0.3) is 11.2 Å². The maximum absolute atomic E-state index is 13.7. The van der Waals surface area contributed by atoms with E-state index in [9.17, 15) is 24.8 Å². The molecule has 39 heavy (non-hydrogen) atoms. The lowest BCUT2D eigenvalue weighted by atomic mass is 10.0. The summed E-state index contributed by atoms with van der Waals surface area (Å²) in [4.78, 5) is 42.4. The highest BCUT2D eigenvalue weighted by molar-refractivity contribution is 14.1. The van der Waals surface area contributed by atoms with Crippen LogP contribution in [0.2, 0.25) is 0 Å². The molecule has 1 N–H and O–H groups in total. The van der Waals surface area contributed by atoms with Gasteiger partial charge in [-0.05, 0) is 72.8 Å². The minimum Gasteiger partial charge on any atom is -0.507 e. The van der Waals surface area contributed by atoms with Gasteiger partial charge in [-0.1, -0.05) is 23.5 Å². The van der Waals surface area contributed by atoms with E-state index in [0.29, 0.717) is 31.9 Å². The number of phenols is 1. The van der Waals surface area contributed by atoms with Crippen LogP contribution in [0.5, 0.6) is 5.75 Å². The van der Waals surface area contributed by atoms with Gasteiger partial charge in [-0.3, -0.25) is 19.5 Å². The first-order chi connectivity index (χ1) is 18.7. The number of nitrogens with zero attached hydrogens (tertiary/aromatic N) is 3. The predicted molar refractivity (Wildman–Crippen MR) is 152 cm³/mol. The molecule has 0 spiro atoms. The largest absolute Gasteiger partial charge is 0.507 e. The highest BCUT2D eigenvalue weighted by Crippen LogP contribution is 2.35. The number of nitro groups is 1. The Kier molecular flexibility index (Phi) is 7.23. The second-order valence-electron chi connectivity index (χ2n) is 8.51. The van der Waals surface area contributed by atoms with Crippen LogP contribution in [0.15, 0.2) is 80.1 Å². The lowest BCUT2D eigenvalue weighted by molar-refractivity contribution is -0.384. The number of halogens is 1. The summed E-state index contributed by atoms with van der Waals surface area (Å²) in [5.41, 5.74) is 0.931. The second-order valence-corrected chi connectivity index (χ2v) is 10.8. The lowest BCUT2D eigenvalue weighted by Gasteiger charge is -2.22. The van der Waals surface area contributed by atoms with Crippen LogP contribution in [0.4, 0.5) is 5.69 Å². The standard InChI is InChI=1S/C27H20IN3O7S/c1-3-37-26(34)23-14(2)29-27-30(25(33)22(39-27)13-16-11-17(28)7-8-19(16)32)24(23)21-10-9-20(38-21)15-5-4-6-18(12-15)31(35)36/h4-13,24,32H,3H2,1-2H3/b22-13-/t24-/m0/s1. The molecule has 4 aromatic rings. The molecule has 0 saturated heterocycles. The Hall–Kier alpha value is -4.04. The van der Waals surface area contributed by atoms with Crippen molar-refractivity contribution in [3.8, 4) is 17.1 Å². The Morgan fingerprint density at radius 1 is 1.28 bits per heavy atom. The Morgan fingerprint density at radius 2 is 2.08 bits per heavy atom. The minimum absolute atomic E-state index is 0.0221. The van der Waals surface area contributed by atoms with Crippen LogP contribution < -0.4 is 14.9 Å². The van der Waals surface area contributed by atoms with Crippen LogP contribution in [-0.4, -0.2) is 27.2 Å². The first-order valence-electron chi connectivity index (χ1n) is 11.7. The number of benzene rings is 2. The number of aromatic nitrogens is 1. The van der Waals surface area contributed by atoms with Gasteiger partial charge in [-0.25, -0.2) is 9.79 Å². The molecule has 12 heteroatoms. The zero-order valence-corrected chi connectivity index (χ0v) is 23.6. The number of phenolic OH excluding ortho intramolecular Hbond substituents is 1. The molecule has 1 aliphatic rings. The Morgan fingerprint density at radius 3 is 2.82 bits per heavy atom. The fraction of sp³-hybridized carbons (Fsp3) is 0.148. The van der Waals surface area contributed by atoms with Crippen LogP contribution in [-0.2, 0) is 9.53 Å². The van der Waals surface area contributed by atoms with E-state index in [2.05, 4.69) is 27.6 Å². The minimum atomic E-state index is -0.987. The summed E-state index contributed by atoms with van der Waals surface area (Å²) in [6, 6.07) is 13.3. The molecule has 1 atom stereocenters. The van der Waals surface area contributed by atoms with E-state index in [1.165, 1.54) is 16.7 Å². The van der Waals surface area contributed by atoms with Crippen molar-refractivity contribution in [1.29, 1.82) is 0 Å². The Bertz CT molecular complexity index is 1850. The van der Waals surface area contributed by atoms with Gasteiger partial charge in [0.2, 0.25) is 0 Å². The van der Waals surface area contributed by atoms with Crippen LogP contribution in [0.1, 0.15) is 31.2 Å². The number of hydrogen-bond donors (Lipinski definition) is 1. The highest BCUT2D eigenvalue weighted by atomic mass is 127. The predicted octanol–water partition coefficient (Wildman–Crippen LogP) is 4.28. The molecule has 0 saturated carbocycles. The normalized spacial score (nSPS) is 15.2. The van der Waals surface area contributed by atoms with Crippen LogP contribution in [0.3, 0.4) is 0 Å². The van der Waals surface area contributed by atoms with Gasteiger partial charge in [0.15, 0.2) is 4.80 Å². The topological polar surface area (TPSA) is 137 Å². The van der Waals surface area contributed by atoms with E-state index in [4.69, 9.17) is 9.15 Å². The van der Waals surface area contributed by atoms with E-state index in [0.717, 1.165) is 14.9 Å². The van der Waals surface area contributed by atoms with E-state index in [-0.39, 0.29) is 29.4 Å². The van der Waals surface area contributed by atoms with Gasteiger partial charge in [-0.15, -0.1) is 0 Å². The van der Waals surface area contributed by atoms with Crippen molar-refractivity contribution in [3.05, 3.63) is 111 Å². The molecule has 5 rings (SSSR count). The summed E-state index contributed by atoms with van der Waals surface area (Å²) in [6.07, 6.45) is 1.58. The van der Waals surface area contributed by atoms with Crippen molar-refractivity contribution in [2.45, 2.75) is 19.9 Å². The van der Waals surface area contributed by atoms with Gasteiger partial charge in [-0.2, -0.15) is 0 Å². The smallest absolute Gasteiger partial charge is 0.338 e. The number of rotatable bonds is 6. The van der Waals surface area contributed by atoms with E-state index < -0.39 is 22.5 Å². The third-order valence-electron chi connectivity index (χ3n) is 6.03. The summed E-state index contributed by atoms with van der Waals surface area (Å²) < 4.78 is 14.0. The summed E-state index contributed by atoms with van der Waals surface area (Å²) >= 11 is 3.24. The van der Waals surface area contributed by atoms with Gasteiger partial charge in [0.1, 0.15) is 23.3 Å². The third-order valence-corrected chi connectivity index (χ3v) is 7.68. The van der Waals surface area contributed by atoms with Crippen molar-refractivity contribution < 1.29 is 24.0 Å². The van der Waals surface area contributed by atoms with E-state index in [1.807, 2.05) is 0 Å². The number of non-ortho nitro benzene ring substituents is 1. The van der Waals surface area contributed by atoms with Crippen molar-refractivity contribution >= 4 is 51.7 Å². The first-order valence-corrected chi connectivity index (χ1v) is 13.6. The summed E-state index contributed by atoms with van der Waals surface area (Å²) in [6.45, 7) is 3.46. The van der Waals surface area contributed by atoms with Gasteiger partial charge < -0.3 is 14.3 Å². The van der Waals surface area contributed by atoms with Crippen molar-refractivity contribution in [2.75, 3.05) is 6.61 Å². The molecular formula is C27H20IN3O7S. The number of fused-ring (bicyclic) bond motifs is 1. The number of aromatic hydroxyl groups is 1. The van der Waals surface area contributed by atoms with Crippen LogP contribution in [0.25, 0.3) is 17.4 Å². The zero-order chi connectivity index (χ0) is 27.8. The summed E-state index contributed by atoms with van der Waals surface area (Å²) in [5, 5.41) is 21.6. The molecule has 3 heterocycles. The molecule has 0 bridgehead atoms. The first kappa shape index (κ1) is 26.6. The average molecular weight is 657 g/mol. The summed E-state index contributed by atoms with van der Waals surface area (Å²) in [7, 11) is 0. The van der Waals surface area contributed by atoms with Gasteiger partial charge >= 0.3 is 5.97 Å². The molecule has 0 fully saturated rings. The maximum atomic E-state index is 13.7. The van der Waals surface area contributed by atoms with E-state index in [1.54, 1.807) is 62.4 Å². The number of carbonyl (C=O) groups is 1. The lowest BCUT2D eigenvalue weighted by Crippen LogP contribution is -2.39. The number of allylic oxidation sites excluding steroid dienone is 1. The van der Waals surface area contributed by atoms with Crippen molar-refractivity contribution in [3.63, 3.8) is 0 Å². The van der Waals surface area contributed by atoms with Crippen LogP contribution in [0, 0.1) is 13.7 Å². The molecular weight excluding hydrogens is 637 g/mol. The van der Waals surface area contributed by atoms with Crippen molar-refractivity contribution in [2.24, 2.45) is 4.99 Å². The molecule has 198 valence electrons. The molecule has 0 unspecified atom stereocenters. The number of thiazole rings is 1. The SMILES string of the molecule is CCOC(=O)C1=C(C)N=c2s/c(=C\c3cc(I)ccc3O)c(=O)n2[C@H]1c1ccc(-c2cccc([N+](=O)[O-])c2)o1. The van der Waals surface area contributed by atoms with Gasteiger partial charge in [0, 0.05) is 26.8 Å². The highest BCUT2D eigenvalue weighted by Gasteiger charge is 2.35. The number of furan rings is 1. The number of carbonyl (C=O) groups excluding carboxylic acids is 1. The number of esters is 1. The zero-order valence-electron chi connectivity index (χ0n) is 20.6. The number of hydrogen-bond acceptors (Lipinski definition) is 9. The fourth-order valence-corrected chi connectivity index (χ4v) is 5.82. The molecule has 2 aromatic heterocycles. The molecule has 2 aromatic carbocycles. The summed E-state index contributed by atoms with van der Waals surface area (Å²) in [5.74, 6) is -0.0218. The van der Waals surface area contributed by atoms with E-state index >= 15 is 0 Å². The molecule has 1 aliphatic heterocycles.